The van der Waals surface area contributed by atoms with Crippen LogP contribution in [0.3, 0.4) is 0 Å². The number of likely N-dealkylation sites (tertiary alicyclic amines) is 1. The Morgan fingerprint density at radius 1 is 0.977 bits per heavy atom. The van der Waals surface area contributed by atoms with Gasteiger partial charge in [0.1, 0.15) is 23.3 Å². The zero-order valence-corrected chi connectivity index (χ0v) is 24.6. The first-order chi connectivity index (χ1) is 20.8. The van der Waals surface area contributed by atoms with E-state index in [9.17, 15) is 19.5 Å². The highest BCUT2D eigenvalue weighted by Crippen LogP contribution is 2.57. The Morgan fingerprint density at radius 3 is 2.47 bits per heavy atom. The number of rotatable bonds is 6. The minimum absolute atomic E-state index is 0.242. The maximum Gasteiger partial charge on any atom is 0.313 e. The molecule has 6 atom stereocenters. The van der Waals surface area contributed by atoms with E-state index in [1.54, 1.807) is 49.3 Å². The first kappa shape index (κ1) is 29.1. The summed E-state index contributed by atoms with van der Waals surface area (Å²) in [4.78, 5) is 46.3. The number of aliphatic hydroxyl groups excluding tert-OH is 1. The van der Waals surface area contributed by atoms with Gasteiger partial charge in [0.2, 0.25) is 5.91 Å². The molecule has 9 nitrogen and oxygen atoms in total. The van der Waals surface area contributed by atoms with E-state index < -0.39 is 47.0 Å². The lowest BCUT2D eigenvalue weighted by atomic mass is 9.74. The smallest absolute Gasteiger partial charge is 0.313 e. The van der Waals surface area contributed by atoms with Gasteiger partial charge in [-0.3, -0.25) is 14.4 Å². The Morgan fingerprint density at radius 2 is 1.74 bits per heavy atom. The van der Waals surface area contributed by atoms with Crippen LogP contribution in [0.5, 0.6) is 5.75 Å². The molecule has 0 radical (unpaired) electrons. The van der Waals surface area contributed by atoms with Crippen LogP contribution in [0.4, 0.5) is 5.69 Å². The summed E-state index contributed by atoms with van der Waals surface area (Å²) in [5.41, 5.74) is -1.07. The minimum atomic E-state index is -1.45. The zero-order chi connectivity index (χ0) is 30.2. The average Bonchev–Trinajstić information content (AvgIpc) is 3.35. The van der Waals surface area contributed by atoms with Crippen molar-refractivity contribution >= 4 is 23.5 Å². The van der Waals surface area contributed by atoms with Crippen molar-refractivity contribution in [3.05, 3.63) is 84.5 Å². The number of carbonyl (C=O) groups excluding carboxylic acids is 3. The molecule has 4 aliphatic rings. The van der Waals surface area contributed by atoms with Gasteiger partial charge >= 0.3 is 5.97 Å². The van der Waals surface area contributed by atoms with Gasteiger partial charge in [0.05, 0.1) is 37.9 Å². The number of anilines is 1. The minimum Gasteiger partial charge on any atom is -0.497 e. The van der Waals surface area contributed by atoms with Crippen LogP contribution < -0.4 is 9.64 Å². The molecule has 2 aromatic carbocycles. The molecule has 0 bridgehead atoms. The maximum absolute atomic E-state index is 14.8. The lowest BCUT2D eigenvalue weighted by molar-refractivity contribution is -0.160. The second kappa shape index (κ2) is 11.6. The number of aliphatic hydroxyl groups is 1. The molecule has 2 fully saturated rings. The number of esters is 1. The van der Waals surface area contributed by atoms with Gasteiger partial charge in [-0.1, -0.05) is 54.6 Å². The normalized spacial score (nSPS) is 31.9. The lowest BCUT2D eigenvalue weighted by Gasteiger charge is -2.40. The number of fused-ring (bicyclic) bond motifs is 2. The van der Waals surface area contributed by atoms with Crippen molar-refractivity contribution in [2.45, 2.75) is 55.9 Å². The predicted molar refractivity (Wildman–Crippen MR) is 159 cm³/mol. The van der Waals surface area contributed by atoms with Gasteiger partial charge in [-0.2, -0.15) is 0 Å². The van der Waals surface area contributed by atoms with Gasteiger partial charge in [0, 0.05) is 12.2 Å². The highest BCUT2D eigenvalue weighted by atomic mass is 16.6. The molecule has 1 spiro atoms. The summed E-state index contributed by atoms with van der Waals surface area (Å²) in [6, 6.07) is 14.9. The van der Waals surface area contributed by atoms with E-state index in [2.05, 4.69) is 0 Å². The molecule has 0 aromatic heterocycles. The van der Waals surface area contributed by atoms with Crippen molar-refractivity contribution < 1.29 is 33.7 Å². The van der Waals surface area contributed by atoms with E-state index in [-0.39, 0.29) is 25.7 Å². The Balaban J connectivity index is 1.49. The molecule has 0 aliphatic carbocycles. The Labute approximate surface area is 251 Å². The Kier molecular flexibility index (Phi) is 7.87. The van der Waals surface area contributed by atoms with Crippen LogP contribution in [0.15, 0.2) is 78.9 Å². The molecular weight excluding hydrogens is 548 g/mol. The number of cyclic esters (lactones) is 1. The van der Waals surface area contributed by atoms with Crippen molar-refractivity contribution in [3.63, 3.8) is 0 Å². The number of benzene rings is 2. The lowest BCUT2D eigenvalue weighted by Crippen LogP contribution is -2.59. The zero-order valence-electron chi connectivity index (χ0n) is 24.6. The van der Waals surface area contributed by atoms with Gasteiger partial charge in [0.15, 0.2) is 0 Å². The second-order valence-corrected chi connectivity index (χ2v) is 11.9. The highest BCUT2D eigenvalue weighted by Gasteiger charge is 2.75. The van der Waals surface area contributed by atoms with Crippen LogP contribution in [-0.4, -0.2) is 77.9 Å². The summed E-state index contributed by atoms with van der Waals surface area (Å²) in [5, 5.41) is 10.7. The molecule has 2 amide bonds. The van der Waals surface area contributed by atoms with Crippen LogP contribution in [0.1, 0.15) is 31.7 Å². The van der Waals surface area contributed by atoms with Gasteiger partial charge in [-0.25, -0.2) is 0 Å². The fraction of sp³-hybridized carbons (Fsp3) is 0.441. The van der Waals surface area contributed by atoms with Crippen molar-refractivity contribution in [3.8, 4) is 5.75 Å². The largest absolute Gasteiger partial charge is 0.497 e. The summed E-state index contributed by atoms with van der Waals surface area (Å²) in [6.07, 6.45) is 10.2. The number of ether oxygens (including phenoxy) is 3. The van der Waals surface area contributed by atoms with Crippen molar-refractivity contribution in [1.82, 2.24) is 4.90 Å². The third-order valence-corrected chi connectivity index (χ3v) is 9.24. The Hall–Kier alpha value is -3.95. The maximum atomic E-state index is 14.8. The fourth-order valence-corrected chi connectivity index (χ4v) is 7.26. The Bertz CT molecular complexity index is 1420. The van der Waals surface area contributed by atoms with Gasteiger partial charge in [-0.05, 0) is 62.4 Å². The molecule has 4 aliphatic heterocycles. The molecule has 2 aromatic rings. The van der Waals surface area contributed by atoms with Gasteiger partial charge in [-0.15, -0.1) is 0 Å². The number of carbonyl (C=O) groups is 3. The number of nitrogens with zero attached hydrogens (tertiary/aromatic N) is 2. The molecule has 4 heterocycles. The SMILES string of the molecule is COc1ccc(N2CC=C[C@]34O[C@]5(C)/C=C\CCCCOC(=O)[C@@H]5[C@H]3C(=O)N([C@@H](CO)Cc3ccccc3)C4C2=O)cc1. The molecule has 2 saturated heterocycles. The number of hydrogen-bond donors (Lipinski definition) is 1. The molecule has 1 unspecified atom stereocenters. The molecule has 0 saturated carbocycles. The summed E-state index contributed by atoms with van der Waals surface area (Å²) in [5.74, 6) is -2.58. The first-order valence-corrected chi connectivity index (χ1v) is 15.0. The van der Waals surface area contributed by atoms with Gasteiger partial charge in [0.25, 0.3) is 5.91 Å². The topological polar surface area (TPSA) is 106 Å². The van der Waals surface area contributed by atoms with E-state index >= 15 is 0 Å². The quantitative estimate of drug-likeness (QED) is 0.408. The van der Waals surface area contributed by atoms with E-state index in [1.807, 2.05) is 48.6 Å². The third-order valence-electron chi connectivity index (χ3n) is 9.24. The van der Waals surface area contributed by atoms with Crippen molar-refractivity contribution in [2.24, 2.45) is 11.8 Å². The monoisotopic (exact) mass is 586 g/mol. The molecular formula is C34H38N2O7. The van der Waals surface area contributed by atoms with Crippen molar-refractivity contribution in [2.75, 3.05) is 31.8 Å². The third kappa shape index (κ3) is 4.94. The number of methoxy groups -OCH3 is 1. The molecule has 9 heteroatoms. The standard InChI is InChI=1S/C34H38N2O7/c1-33-17-8-3-4-9-20-42-32(40)28(33)27-30(38)36(25(22-37)21-23-11-6-5-7-12-23)29-31(39)35(19-10-18-34(27,29)43-33)24-13-15-26(41-2)16-14-24/h5-8,10-18,25,27-29,37H,3-4,9,19-22H2,1-2H3/b17-8-/t25-,27+,28+,29?,33-,34+/m1/s1. The van der Waals surface area contributed by atoms with Crippen LogP contribution in [0, 0.1) is 11.8 Å². The summed E-state index contributed by atoms with van der Waals surface area (Å²) in [7, 11) is 1.58. The van der Waals surface area contributed by atoms with Crippen molar-refractivity contribution in [1.29, 1.82) is 0 Å². The number of amides is 2. The van der Waals surface area contributed by atoms with Crippen LogP contribution in [0.2, 0.25) is 0 Å². The fourth-order valence-electron chi connectivity index (χ4n) is 7.26. The van der Waals surface area contributed by atoms with E-state index in [1.165, 1.54) is 4.90 Å². The van der Waals surface area contributed by atoms with E-state index in [4.69, 9.17) is 14.2 Å². The van der Waals surface area contributed by atoms with E-state index in [0.29, 0.717) is 17.9 Å². The van der Waals surface area contributed by atoms with Crippen LogP contribution in [0.25, 0.3) is 0 Å². The molecule has 6 rings (SSSR count). The summed E-state index contributed by atoms with van der Waals surface area (Å²) in [6.45, 7) is 1.93. The van der Waals surface area contributed by atoms with Crippen LogP contribution in [-0.2, 0) is 30.3 Å². The van der Waals surface area contributed by atoms with E-state index in [0.717, 1.165) is 24.8 Å². The number of allylic oxidation sites excluding steroid dienone is 1. The second-order valence-electron chi connectivity index (χ2n) is 11.9. The van der Waals surface area contributed by atoms with Crippen LogP contribution >= 0.6 is 0 Å². The van der Waals surface area contributed by atoms with Gasteiger partial charge < -0.3 is 29.1 Å². The predicted octanol–water partition coefficient (Wildman–Crippen LogP) is 3.46. The molecule has 226 valence electrons. The molecule has 43 heavy (non-hydrogen) atoms. The highest BCUT2D eigenvalue weighted by molar-refractivity contribution is 6.05. The number of hydrogen-bond acceptors (Lipinski definition) is 7. The molecule has 1 N–H and O–H groups in total. The first-order valence-electron chi connectivity index (χ1n) is 15.0. The summed E-state index contributed by atoms with van der Waals surface area (Å²) < 4.78 is 17.9. The summed E-state index contributed by atoms with van der Waals surface area (Å²) >= 11 is 0. The average molecular weight is 587 g/mol.